The van der Waals surface area contributed by atoms with Crippen LogP contribution in [0.15, 0.2) is 15.9 Å². The third-order valence-electron chi connectivity index (χ3n) is 1.57. The molecule has 1 heterocycles. The molecule has 14 heavy (non-hydrogen) atoms. The van der Waals surface area contributed by atoms with Gasteiger partial charge in [0.2, 0.25) is 0 Å². The summed E-state index contributed by atoms with van der Waals surface area (Å²) in [4.78, 5) is 0.771. The van der Waals surface area contributed by atoms with Crippen LogP contribution in [-0.4, -0.2) is 12.3 Å². The molecule has 0 N–H and O–H groups in total. The van der Waals surface area contributed by atoms with Gasteiger partial charge in [-0.15, -0.1) is 11.3 Å². The number of halogens is 4. The Labute approximate surface area is 92.0 Å². The predicted molar refractivity (Wildman–Crippen MR) is 52.3 cm³/mol. The van der Waals surface area contributed by atoms with Gasteiger partial charge >= 0.3 is 6.18 Å². The molecule has 1 nitrogen and oxygen atoms in total. The first-order chi connectivity index (χ1) is 6.39. The van der Waals surface area contributed by atoms with Crippen molar-refractivity contribution < 1.29 is 17.9 Å². The van der Waals surface area contributed by atoms with E-state index in [9.17, 15) is 13.2 Å². The lowest BCUT2D eigenvalue weighted by molar-refractivity contribution is -0.217. The average Bonchev–Trinajstić information content (AvgIpc) is 2.45. The Morgan fingerprint density at radius 2 is 2.14 bits per heavy atom. The molecule has 0 aliphatic carbocycles. The van der Waals surface area contributed by atoms with Crippen LogP contribution in [0.2, 0.25) is 0 Å². The maximum Gasteiger partial charge on any atom is 0.414 e. The fraction of sp³-hybridized carbons (Fsp3) is 0.500. The molecule has 0 spiro atoms. The van der Waals surface area contributed by atoms with Crippen LogP contribution < -0.4 is 0 Å². The van der Waals surface area contributed by atoms with Crippen molar-refractivity contribution in [2.45, 2.75) is 25.8 Å². The van der Waals surface area contributed by atoms with Crippen LogP contribution >= 0.6 is 27.3 Å². The van der Waals surface area contributed by atoms with Crippen molar-refractivity contribution >= 4 is 27.3 Å². The third-order valence-corrected chi connectivity index (χ3v) is 3.16. The molecule has 1 rings (SSSR count). The van der Waals surface area contributed by atoms with Gasteiger partial charge in [-0.3, -0.25) is 0 Å². The van der Waals surface area contributed by atoms with Crippen molar-refractivity contribution in [2.24, 2.45) is 0 Å². The van der Waals surface area contributed by atoms with Crippen molar-refractivity contribution in [1.29, 1.82) is 0 Å². The topological polar surface area (TPSA) is 9.23 Å². The highest BCUT2D eigenvalue weighted by molar-refractivity contribution is 9.11. The molecule has 1 aromatic heterocycles. The molecule has 1 atom stereocenters. The molecule has 0 radical (unpaired) electrons. The van der Waals surface area contributed by atoms with Crippen molar-refractivity contribution in [3.63, 3.8) is 0 Å². The van der Waals surface area contributed by atoms with E-state index in [0.29, 0.717) is 0 Å². The zero-order valence-electron chi connectivity index (χ0n) is 7.27. The maximum atomic E-state index is 12.0. The summed E-state index contributed by atoms with van der Waals surface area (Å²) in [5, 5.41) is 0. The molecule has 1 unspecified atom stereocenters. The van der Waals surface area contributed by atoms with Crippen LogP contribution in [0.3, 0.4) is 0 Å². The zero-order chi connectivity index (χ0) is 10.8. The highest BCUT2D eigenvalue weighted by Crippen LogP contribution is 2.26. The number of hydrogen-bond acceptors (Lipinski definition) is 2. The minimum atomic E-state index is -4.28. The summed E-state index contributed by atoms with van der Waals surface area (Å²) in [6.07, 6.45) is -6.00. The summed E-state index contributed by atoms with van der Waals surface area (Å²) in [5.74, 6) is 0. The van der Waals surface area contributed by atoms with E-state index in [0.717, 1.165) is 15.6 Å². The largest absolute Gasteiger partial charge is 0.414 e. The highest BCUT2D eigenvalue weighted by atomic mass is 79.9. The lowest BCUT2D eigenvalue weighted by Crippen LogP contribution is -2.28. The molecular formula is C8H8BrF3OS. The van der Waals surface area contributed by atoms with Gasteiger partial charge < -0.3 is 4.74 Å². The number of alkyl halides is 3. The molecular weight excluding hydrogens is 281 g/mol. The average molecular weight is 289 g/mol. The second-order valence-electron chi connectivity index (χ2n) is 2.70. The van der Waals surface area contributed by atoms with Crippen molar-refractivity contribution in [3.05, 3.63) is 20.8 Å². The van der Waals surface area contributed by atoms with Crippen LogP contribution in [0.4, 0.5) is 13.2 Å². The SMILES string of the molecule is CC(OCc1ccc(Br)s1)C(F)(F)F. The summed E-state index contributed by atoms with van der Waals surface area (Å²) in [6, 6.07) is 3.51. The standard InChI is InChI=1S/C8H8BrF3OS/c1-5(8(10,11)12)13-4-6-2-3-7(9)14-6/h2-3,5H,4H2,1H3. The summed E-state index contributed by atoms with van der Waals surface area (Å²) >= 11 is 4.58. The molecule has 0 bridgehead atoms. The Morgan fingerprint density at radius 3 is 2.57 bits per heavy atom. The summed E-state index contributed by atoms with van der Waals surface area (Å²) in [5.41, 5.74) is 0. The second-order valence-corrected chi connectivity index (χ2v) is 5.25. The van der Waals surface area contributed by atoms with Gasteiger partial charge in [0, 0.05) is 4.88 Å². The van der Waals surface area contributed by atoms with E-state index < -0.39 is 12.3 Å². The Bertz CT molecular complexity index is 297. The van der Waals surface area contributed by atoms with Gasteiger partial charge in [0.25, 0.3) is 0 Å². The van der Waals surface area contributed by atoms with Crippen LogP contribution in [-0.2, 0) is 11.3 Å². The Balaban J connectivity index is 2.41. The van der Waals surface area contributed by atoms with Gasteiger partial charge in [-0.05, 0) is 35.0 Å². The molecule has 0 aromatic carbocycles. The smallest absolute Gasteiger partial charge is 0.364 e. The van der Waals surface area contributed by atoms with Gasteiger partial charge in [-0.1, -0.05) is 0 Å². The molecule has 6 heteroatoms. The molecule has 0 fully saturated rings. The summed E-state index contributed by atoms with van der Waals surface area (Å²) < 4.78 is 41.6. The predicted octanol–water partition coefficient (Wildman–Crippen LogP) is 3.98. The van der Waals surface area contributed by atoms with Gasteiger partial charge in [-0.2, -0.15) is 13.2 Å². The lowest BCUT2D eigenvalue weighted by Gasteiger charge is -2.15. The quantitative estimate of drug-likeness (QED) is 0.818. The van der Waals surface area contributed by atoms with Gasteiger partial charge in [0.15, 0.2) is 6.10 Å². The molecule has 0 saturated carbocycles. The Morgan fingerprint density at radius 1 is 1.50 bits per heavy atom. The molecule has 0 saturated heterocycles. The lowest BCUT2D eigenvalue weighted by atomic mass is 10.4. The number of ether oxygens (including phenoxy) is 1. The van der Waals surface area contributed by atoms with Crippen molar-refractivity contribution in [2.75, 3.05) is 0 Å². The Hall–Kier alpha value is -0.0700. The number of hydrogen-bond donors (Lipinski definition) is 0. The molecule has 1 aromatic rings. The fourth-order valence-corrected chi connectivity index (χ4v) is 2.14. The van der Waals surface area contributed by atoms with E-state index in [1.807, 2.05) is 0 Å². The van der Waals surface area contributed by atoms with Crippen molar-refractivity contribution in [1.82, 2.24) is 0 Å². The number of rotatable bonds is 3. The van der Waals surface area contributed by atoms with Gasteiger partial charge in [0.1, 0.15) is 0 Å². The zero-order valence-corrected chi connectivity index (χ0v) is 9.67. The van der Waals surface area contributed by atoms with Gasteiger partial charge in [-0.25, -0.2) is 0 Å². The van der Waals surface area contributed by atoms with Crippen LogP contribution in [0, 0.1) is 0 Å². The second kappa shape index (κ2) is 4.63. The first kappa shape index (κ1) is 12.0. The van der Waals surface area contributed by atoms with E-state index in [4.69, 9.17) is 0 Å². The first-order valence-corrected chi connectivity index (χ1v) is 5.43. The normalized spacial score (nSPS) is 14.4. The minimum absolute atomic E-state index is 0.00303. The van der Waals surface area contributed by atoms with Crippen molar-refractivity contribution in [3.8, 4) is 0 Å². The van der Waals surface area contributed by atoms with Crippen LogP contribution in [0.1, 0.15) is 11.8 Å². The van der Waals surface area contributed by atoms with Crippen LogP contribution in [0.25, 0.3) is 0 Å². The van der Waals surface area contributed by atoms with E-state index in [1.54, 1.807) is 12.1 Å². The molecule has 80 valence electrons. The maximum absolute atomic E-state index is 12.0. The fourth-order valence-electron chi connectivity index (χ4n) is 0.731. The van der Waals surface area contributed by atoms with E-state index >= 15 is 0 Å². The third kappa shape index (κ3) is 3.59. The molecule has 0 aliphatic rings. The van der Waals surface area contributed by atoms with Gasteiger partial charge in [0.05, 0.1) is 10.4 Å². The highest BCUT2D eigenvalue weighted by Gasteiger charge is 2.36. The van der Waals surface area contributed by atoms with E-state index in [1.165, 1.54) is 11.3 Å². The Kier molecular flexibility index (Phi) is 3.97. The summed E-state index contributed by atoms with van der Waals surface area (Å²) in [6.45, 7) is 1.000. The van der Waals surface area contributed by atoms with E-state index in [2.05, 4.69) is 20.7 Å². The number of thiophene rings is 1. The monoisotopic (exact) mass is 288 g/mol. The van der Waals surface area contributed by atoms with Crippen LogP contribution in [0.5, 0.6) is 0 Å². The molecule has 0 amide bonds. The summed E-state index contributed by atoms with van der Waals surface area (Å²) in [7, 11) is 0. The first-order valence-electron chi connectivity index (χ1n) is 3.82. The minimum Gasteiger partial charge on any atom is -0.364 e. The van der Waals surface area contributed by atoms with E-state index in [-0.39, 0.29) is 6.61 Å². The molecule has 0 aliphatic heterocycles.